The van der Waals surface area contributed by atoms with Gasteiger partial charge in [0.15, 0.2) is 0 Å². The van der Waals surface area contributed by atoms with Gasteiger partial charge in [0.1, 0.15) is 0 Å². The number of hydrogen-bond acceptors (Lipinski definition) is 4. The van der Waals surface area contributed by atoms with E-state index in [-0.39, 0.29) is 24.6 Å². The number of aliphatic carboxylic acids is 1. The third-order valence-electron chi connectivity index (χ3n) is 3.36. The van der Waals surface area contributed by atoms with Crippen LogP contribution in [0.1, 0.15) is 38.5 Å². The molecule has 0 spiro atoms. The summed E-state index contributed by atoms with van der Waals surface area (Å²) in [6.07, 6.45) is 4.28. The topological polar surface area (TPSA) is 109 Å². The Bertz CT molecular complexity index is 363. The van der Waals surface area contributed by atoms with Crippen LogP contribution in [-0.4, -0.2) is 37.8 Å². The molecule has 1 unspecified atom stereocenters. The summed E-state index contributed by atoms with van der Waals surface area (Å²) < 4.78 is 26.2. The highest BCUT2D eigenvalue weighted by atomic mass is 32.2. The summed E-state index contributed by atoms with van der Waals surface area (Å²) in [7, 11) is -3.42. The predicted molar refractivity (Wildman–Crippen MR) is 68.6 cm³/mol. The quantitative estimate of drug-likeness (QED) is 0.591. The van der Waals surface area contributed by atoms with Gasteiger partial charge in [-0.2, -0.15) is 0 Å². The molecule has 0 aromatic heterocycles. The molecule has 18 heavy (non-hydrogen) atoms. The molecule has 1 aliphatic carbocycles. The lowest BCUT2D eigenvalue weighted by atomic mass is 9.99. The Balaban J connectivity index is 2.43. The molecule has 0 aromatic carbocycles. The number of hydrogen-bond donors (Lipinski definition) is 3. The maximum atomic E-state index is 11.8. The van der Waals surface area contributed by atoms with Crippen molar-refractivity contribution >= 4 is 16.0 Å². The average molecular weight is 278 g/mol. The summed E-state index contributed by atoms with van der Waals surface area (Å²) in [5, 5.41) is 8.48. The van der Waals surface area contributed by atoms with Crippen molar-refractivity contribution < 1.29 is 18.3 Å². The Morgan fingerprint density at radius 3 is 2.50 bits per heavy atom. The van der Waals surface area contributed by atoms with Crippen LogP contribution in [0.3, 0.4) is 0 Å². The van der Waals surface area contributed by atoms with Gasteiger partial charge in [-0.25, -0.2) is 13.1 Å². The summed E-state index contributed by atoms with van der Waals surface area (Å²) in [4.78, 5) is 10.3. The summed E-state index contributed by atoms with van der Waals surface area (Å²) in [5.41, 5.74) is 5.62. The Labute approximate surface area is 108 Å². The number of sulfonamides is 1. The van der Waals surface area contributed by atoms with Crippen molar-refractivity contribution in [1.82, 2.24) is 4.72 Å². The van der Waals surface area contributed by atoms with Gasteiger partial charge in [-0.15, -0.1) is 0 Å². The zero-order valence-corrected chi connectivity index (χ0v) is 11.3. The summed E-state index contributed by atoms with van der Waals surface area (Å²) in [6.45, 7) is 0.294. The second-order valence-corrected chi connectivity index (χ2v) is 6.69. The van der Waals surface area contributed by atoms with E-state index in [4.69, 9.17) is 10.8 Å². The smallest absolute Gasteiger partial charge is 0.303 e. The Hall–Kier alpha value is -0.660. The van der Waals surface area contributed by atoms with E-state index in [1.54, 1.807) is 0 Å². The van der Waals surface area contributed by atoms with Gasteiger partial charge in [0, 0.05) is 19.0 Å². The predicted octanol–water partition coefficient (Wildman–Crippen LogP) is 0.288. The summed E-state index contributed by atoms with van der Waals surface area (Å²) in [5.74, 6) is -0.802. The summed E-state index contributed by atoms with van der Waals surface area (Å²) >= 11 is 0. The van der Waals surface area contributed by atoms with Crippen LogP contribution in [0.5, 0.6) is 0 Å². The summed E-state index contributed by atoms with van der Waals surface area (Å²) in [6, 6.07) is -0.206. The Morgan fingerprint density at radius 1 is 1.39 bits per heavy atom. The molecular weight excluding hydrogens is 256 g/mol. The molecule has 1 fully saturated rings. The number of carbonyl (C=O) groups is 1. The molecule has 0 amide bonds. The van der Waals surface area contributed by atoms with Crippen LogP contribution in [0.4, 0.5) is 0 Å². The normalized spacial score (nSPS) is 18.9. The van der Waals surface area contributed by atoms with E-state index in [1.165, 1.54) is 0 Å². The van der Waals surface area contributed by atoms with E-state index in [1.807, 2.05) is 0 Å². The molecule has 0 saturated heterocycles. The van der Waals surface area contributed by atoms with Crippen molar-refractivity contribution in [3.05, 3.63) is 0 Å². The van der Waals surface area contributed by atoms with E-state index >= 15 is 0 Å². The fraction of sp³-hybridized carbons (Fsp3) is 0.909. The molecule has 1 aliphatic rings. The Morgan fingerprint density at radius 2 is 2.00 bits per heavy atom. The minimum absolute atomic E-state index is 0.127. The number of nitrogens with one attached hydrogen (secondary N) is 1. The standard InChI is InChI=1S/C11H22N2O4S/c12-8-10(9-4-1-2-5-9)13-18(16,17)7-3-6-11(14)15/h9-10,13H,1-8,12H2,(H,14,15). The molecule has 6 nitrogen and oxygen atoms in total. The monoisotopic (exact) mass is 278 g/mol. The molecule has 0 bridgehead atoms. The minimum atomic E-state index is -3.42. The van der Waals surface area contributed by atoms with E-state index in [2.05, 4.69) is 4.72 Å². The van der Waals surface area contributed by atoms with Crippen LogP contribution in [0.25, 0.3) is 0 Å². The van der Waals surface area contributed by atoms with Crippen LogP contribution in [0, 0.1) is 5.92 Å². The van der Waals surface area contributed by atoms with Crippen molar-refractivity contribution in [3.8, 4) is 0 Å². The SMILES string of the molecule is NCC(NS(=O)(=O)CCCC(=O)O)C1CCCC1. The van der Waals surface area contributed by atoms with Crippen molar-refractivity contribution in [2.24, 2.45) is 11.7 Å². The van der Waals surface area contributed by atoms with Crippen LogP contribution < -0.4 is 10.5 Å². The van der Waals surface area contributed by atoms with Gasteiger partial charge in [-0.05, 0) is 25.2 Å². The van der Waals surface area contributed by atoms with Crippen molar-refractivity contribution in [2.75, 3.05) is 12.3 Å². The minimum Gasteiger partial charge on any atom is -0.481 e. The fourth-order valence-electron chi connectivity index (χ4n) is 2.40. The lowest BCUT2D eigenvalue weighted by Gasteiger charge is -2.22. The second-order valence-electron chi connectivity index (χ2n) is 4.82. The first-order chi connectivity index (χ1) is 8.44. The molecule has 0 heterocycles. The average Bonchev–Trinajstić information content (AvgIpc) is 2.78. The van der Waals surface area contributed by atoms with E-state index in [9.17, 15) is 13.2 Å². The van der Waals surface area contributed by atoms with Gasteiger partial charge in [0.05, 0.1) is 5.75 Å². The van der Waals surface area contributed by atoms with Crippen LogP contribution >= 0.6 is 0 Å². The second kappa shape index (κ2) is 7.06. The number of rotatable bonds is 8. The van der Waals surface area contributed by atoms with Gasteiger partial charge >= 0.3 is 5.97 Å². The maximum Gasteiger partial charge on any atom is 0.303 e. The number of carboxylic acids is 1. The molecule has 4 N–H and O–H groups in total. The lowest BCUT2D eigenvalue weighted by Crippen LogP contribution is -2.45. The molecule has 106 valence electrons. The molecular formula is C11H22N2O4S. The van der Waals surface area contributed by atoms with Gasteiger partial charge < -0.3 is 10.8 Å². The zero-order chi connectivity index (χ0) is 13.6. The number of nitrogens with two attached hydrogens (primary N) is 1. The van der Waals surface area contributed by atoms with Crippen LogP contribution in [-0.2, 0) is 14.8 Å². The van der Waals surface area contributed by atoms with Gasteiger partial charge in [-0.1, -0.05) is 12.8 Å². The fourth-order valence-corrected chi connectivity index (χ4v) is 3.79. The molecule has 1 saturated carbocycles. The van der Waals surface area contributed by atoms with Crippen molar-refractivity contribution in [3.63, 3.8) is 0 Å². The highest BCUT2D eigenvalue weighted by Gasteiger charge is 2.27. The first kappa shape index (κ1) is 15.4. The molecule has 0 aromatic rings. The first-order valence-corrected chi connectivity index (χ1v) is 8.01. The van der Waals surface area contributed by atoms with Crippen LogP contribution in [0.15, 0.2) is 0 Å². The van der Waals surface area contributed by atoms with Gasteiger partial charge in [-0.3, -0.25) is 4.79 Å². The third kappa shape index (κ3) is 5.32. The number of carboxylic acid groups (broad SMARTS) is 1. The van der Waals surface area contributed by atoms with Crippen molar-refractivity contribution in [1.29, 1.82) is 0 Å². The lowest BCUT2D eigenvalue weighted by molar-refractivity contribution is -0.137. The molecule has 0 radical (unpaired) electrons. The Kier molecular flexibility index (Phi) is 6.04. The van der Waals surface area contributed by atoms with E-state index < -0.39 is 16.0 Å². The van der Waals surface area contributed by atoms with Crippen LogP contribution in [0.2, 0.25) is 0 Å². The largest absolute Gasteiger partial charge is 0.481 e. The third-order valence-corrected chi connectivity index (χ3v) is 4.85. The van der Waals surface area contributed by atoms with Gasteiger partial charge in [0.25, 0.3) is 0 Å². The molecule has 1 atom stereocenters. The molecule has 1 rings (SSSR count). The first-order valence-electron chi connectivity index (χ1n) is 6.36. The molecule has 7 heteroatoms. The van der Waals surface area contributed by atoms with E-state index in [0.29, 0.717) is 12.5 Å². The maximum absolute atomic E-state index is 11.8. The highest BCUT2D eigenvalue weighted by molar-refractivity contribution is 7.89. The molecule has 0 aliphatic heterocycles. The highest BCUT2D eigenvalue weighted by Crippen LogP contribution is 2.27. The van der Waals surface area contributed by atoms with Crippen molar-refractivity contribution in [2.45, 2.75) is 44.6 Å². The van der Waals surface area contributed by atoms with E-state index in [0.717, 1.165) is 25.7 Å². The van der Waals surface area contributed by atoms with Gasteiger partial charge in [0.2, 0.25) is 10.0 Å². The zero-order valence-electron chi connectivity index (χ0n) is 10.5.